The van der Waals surface area contributed by atoms with Gasteiger partial charge in [-0.1, -0.05) is 29.8 Å². The largest absolute Gasteiger partial charge is 0.508 e. The summed E-state index contributed by atoms with van der Waals surface area (Å²) >= 11 is 5.96. The van der Waals surface area contributed by atoms with Crippen LogP contribution in [0.25, 0.3) is 0 Å². The minimum atomic E-state index is -4.48. The summed E-state index contributed by atoms with van der Waals surface area (Å²) in [6, 6.07) is 9.94. The first-order chi connectivity index (χ1) is 8.86. The number of aromatic hydroxyl groups is 1. The lowest BCUT2D eigenvalue weighted by Gasteiger charge is -2.10. The van der Waals surface area contributed by atoms with Gasteiger partial charge in [-0.15, -0.1) is 0 Å². The van der Waals surface area contributed by atoms with E-state index in [9.17, 15) is 18.3 Å². The van der Waals surface area contributed by atoms with E-state index >= 15 is 0 Å². The van der Waals surface area contributed by atoms with Crippen LogP contribution in [0.1, 0.15) is 16.7 Å². The molecule has 19 heavy (non-hydrogen) atoms. The minimum Gasteiger partial charge on any atom is -0.508 e. The highest BCUT2D eigenvalue weighted by Gasteiger charge is 2.31. The molecule has 100 valence electrons. The summed E-state index contributed by atoms with van der Waals surface area (Å²) in [6.07, 6.45) is -4.24. The molecule has 0 saturated heterocycles. The molecule has 2 aromatic carbocycles. The van der Waals surface area contributed by atoms with Crippen molar-refractivity contribution < 1.29 is 18.3 Å². The molecular weight excluding hydrogens is 277 g/mol. The fourth-order valence-corrected chi connectivity index (χ4v) is 2.00. The van der Waals surface area contributed by atoms with E-state index in [0.29, 0.717) is 22.2 Å². The first kappa shape index (κ1) is 13.7. The number of alkyl halides is 3. The SMILES string of the molecule is Oc1cc(Cc2ccccc2Cl)cc(C(F)(F)F)c1. The van der Waals surface area contributed by atoms with E-state index in [1.54, 1.807) is 24.3 Å². The van der Waals surface area contributed by atoms with Gasteiger partial charge in [-0.05, 0) is 41.8 Å². The predicted octanol–water partition coefficient (Wildman–Crippen LogP) is 4.66. The first-order valence-electron chi connectivity index (χ1n) is 5.50. The lowest BCUT2D eigenvalue weighted by Crippen LogP contribution is -2.05. The van der Waals surface area contributed by atoms with Crippen molar-refractivity contribution in [3.63, 3.8) is 0 Å². The highest BCUT2D eigenvalue weighted by molar-refractivity contribution is 6.31. The summed E-state index contributed by atoms with van der Waals surface area (Å²) in [7, 11) is 0. The molecule has 0 amide bonds. The second kappa shape index (κ2) is 5.13. The zero-order valence-electron chi connectivity index (χ0n) is 9.71. The molecule has 0 heterocycles. The third kappa shape index (κ3) is 3.41. The van der Waals surface area contributed by atoms with Crippen LogP contribution in [-0.2, 0) is 12.6 Å². The number of halogens is 4. The van der Waals surface area contributed by atoms with Gasteiger partial charge in [-0.3, -0.25) is 0 Å². The van der Waals surface area contributed by atoms with Crippen molar-refractivity contribution >= 4 is 11.6 Å². The third-order valence-corrected chi connectivity index (χ3v) is 3.03. The van der Waals surface area contributed by atoms with E-state index in [2.05, 4.69) is 0 Å². The van der Waals surface area contributed by atoms with Crippen molar-refractivity contribution in [1.82, 2.24) is 0 Å². The molecule has 5 heteroatoms. The summed E-state index contributed by atoms with van der Waals surface area (Å²) < 4.78 is 37.9. The molecule has 0 aromatic heterocycles. The minimum absolute atomic E-state index is 0.233. The van der Waals surface area contributed by atoms with Gasteiger partial charge in [0.1, 0.15) is 5.75 Å². The quantitative estimate of drug-likeness (QED) is 0.851. The Morgan fingerprint density at radius 3 is 2.37 bits per heavy atom. The van der Waals surface area contributed by atoms with Crippen LogP contribution in [0.2, 0.25) is 5.02 Å². The Balaban J connectivity index is 2.36. The number of phenols is 1. The zero-order valence-corrected chi connectivity index (χ0v) is 10.5. The highest BCUT2D eigenvalue weighted by Crippen LogP contribution is 2.33. The average Bonchev–Trinajstić information content (AvgIpc) is 2.30. The Morgan fingerprint density at radius 1 is 1.05 bits per heavy atom. The van der Waals surface area contributed by atoms with Crippen LogP contribution in [0.4, 0.5) is 13.2 Å². The van der Waals surface area contributed by atoms with Gasteiger partial charge < -0.3 is 5.11 Å². The van der Waals surface area contributed by atoms with Gasteiger partial charge in [0, 0.05) is 5.02 Å². The first-order valence-corrected chi connectivity index (χ1v) is 5.87. The lowest BCUT2D eigenvalue weighted by atomic mass is 10.0. The normalized spacial score (nSPS) is 11.6. The second-order valence-electron chi connectivity index (χ2n) is 4.15. The van der Waals surface area contributed by atoms with E-state index in [0.717, 1.165) is 6.07 Å². The standard InChI is InChI=1S/C14H10ClF3O/c15-13-4-2-1-3-10(13)5-9-6-11(14(16,17)18)8-12(19)7-9/h1-4,6-8,19H,5H2. The van der Waals surface area contributed by atoms with Gasteiger partial charge in [-0.2, -0.15) is 13.2 Å². The van der Waals surface area contributed by atoms with Crippen molar-refractivity contribution in [1.29, 1.82) is 0 Å². The molecule has 0 unspecified atom stereocenters. The van der Waals surface area contributed by atoms with Crippen LogP contribution in [0.15, 0.2) is 42.5 Å². The maximum absolute atomic E-state index is 12.6. The van der Waals surface area contributed by atoms with Crippen molar-refractivity contribution in [2.75, 3.05) is 0 Å². The average molecular weight is 287 g/mol. The van der Waals surface area contributed by atoms with Crippen molar-refractivity contribution in [3.8, 4) is 5.75 Å². The molecule has 1 nitrogen and oxygen atoms in total. The Bertz CT molecular complexity index is 593. The topological polar surface area (TPSA) is 20.2 Å². The molecule has 0 aliphatic rings. The molecule has 0 aliphatic carbocycles. The van der Waals surface area contributed by atoms with Gasteiger partial charge in [0.05, 0.1) is 5.56 Å². The third-order valence-electron chi connectivity index (χ3n) is 2.66. The lowest BCUT2D eigenvalue weighted by molar-refractivity contribution is -0.137. The van der Waals surface area contributed by atoms with Crippen molar-refractivity contribution in [2.24, 2.45) is 0 Å². The number of phenolic OH excluding ortho intramolecular Hbond substituents is 1. The summed E-state index contributed by atoms with van der Waals surface area (Å²) in [5, 5.41) is 9.86. The van der Waals surface area contributed by atoms with Gasteiger partial charge in [0.2, 0.25) is 0 Å². The van der Waals surface area contributed by atoms with Gasteiger partial charge in [0.15, 0.2) is 0 Å². The van der Waals surface area contributed by atoms with Crippen LogP contribution in [0.5, 0.6) is 5.75 Å². The molecule has 0 bridgehead atoms. The molecule has 0 atom stereocenters. The van der Waals surface area contributed by atoms with E-state index in [1.807, 2.05) is 0 Å². The van der Waals surface area contributed by atoms with E-state index < -0.39 is 17.5 Å². The van der Waals surface area contributed by atoms with E-state index in [1.165, 1.54) is 6.07 Å². The molecule has 0 aliphatic heterocycles. The van der Waals surface area contributed by atoms with Crippen molar-refractivity contribution in [2.45, 2.75) is 12.6 Å². The number of hydrogen-bond donors (Lipinski definition) is 1. The van der Waals surface area contributed by atoms with Crippen molar-refractivity contribution in [3.05, 3.63) is 64.2 Å². The number of benzene rings is 2. The molecule has 0 saturated carbocycles. The summed E-state index contributed by atoms with van der Waals surface area (Å²) in [5.74, 6) is -0.406. The molecule has 1 N–H and O–H groups in total. The second-order valence-corrected chi connectivity index (χ2v) is 4.56. The Hall–Kier alpha value is -1.68. The molecule has 0 fully saturated rings. The fraction of sp³-hybridized carbons (Fsp3) is 0.143. The monoisotopic (exact) mass is 286 g/mol. The summed E-state index contributed by atoms with van der Waals surface area (Å²) in [6.45, 7) is 0. The van der Waals surface area contributed by atoms with Gasteiger partial charge in [0.25, 0.3) is 0 Å². The molecule has 2 aromatic rings. The van der Waals surface area contributed by atoms with E-state index in [4.69, 9.17) is 11.6 Å². The Morgan fingerprint density at radius 2 is 1.74 bits per heavy atom. The van der Waals surface area contributed by atoms with Crippen LogP contribution in [0, 0.1) is 0 Å². The molecule has 0 radical (unpaired) electrons. The summed E-state index contributed by atoms with van der Waals surface area (Å²) in [5.41, 5.74) is 0.206. The molecular formula is C14H10ClF3O. The summed E-state index contributed by atoms with van der Waals surface area (Å²) in [4.78, 5) is 0. The number of rotatable bonds is 2. The zero-order chi connectivity index (χ0) is 14.0. The highest BCUT2D eigenvalue weighted by atomic mass is 35.5. The van der Waals surface area contributed by atoms with Crippen LogP contribution in [0.3, 0.4) is 0 Å². The maximum atomic E-state index is 12.6. The fourth-order valence-electron chi connectivity index (χ4n) is 1.80. The maximum Gasteiger partial charge on any atom is 0.416 e. The van der Waals surface area contributed by atoms with Gasteiger partial charge >= 0.3 is 6.18 Å². The smallest absolute Gasteiger partial charge is 0.416 e. The molecule has 0 spiro atoms. The Labute approximate surface area is 113 Å². The Kier molecular flexibility index (Phi) is 3.71. The number of hydrogen-bond acceptors (Lipinski definition) is 1. The van der Waals surface area contributed by atoms with Crippen LogP contribution < -0.4 is 0 Å². The van der Waals surface area contributed by atoms with Crippen LogP contribution in [-0.4, -0.2) is 5.11 Å². The van der Waals surface area contributed by atoms with E-state index in [-0.39, 0.29) is 6.42 Å². The van der Waals surface area contributed by atoms with Gasteiger partial charge in [-0.25, -0.2) is 0 Å². The predicted molar refractivity (Wildman–Crippen MR) is 67.4 cm³/mol. The van der Waals surface area contributed by atoms with Crippen LogP contribution >= 0.6 is 11.6 Å². The molecule has 2 rings (SSSR count).